The third-order valence-electron chi connectivity index (χ3n) is 3.38. The molecule has 1 aromatic carbocycles. The Balaban J connectivity index is 1.70. The molecular formula is C16H14ClN3O3S. The Kier molecular flexibility index (Phi) is 4.92. The first-order chi connectivity index (χ1) is 11.6. The minimum atomic E-state index is -0.0490. The van der Waals surface area contributed by atoms with Crippen molar-refractivity contribution in [3.63, 3.8) is 0 Å². The number of Topliss-reactive ketones (excluding diaryl/α,β-unsaturated/α-hetero) is 1. The SMILES string of the molecule is COc1ccc(C(=O)CSc2nnc(-c3ccco3)n2C)cc1Cl. The number of ether oxygens (including phenoxy) is 1. The maximum atomic E-state index is 12.3. The predicted octanol–water partition coefficient (Wildman–Crippen LogP) is 3.71. The highest BCUT2D eigenvalue weighted by molar-refractivity contribution is 7.99. The molecule has 0 amide bonds. The Labute approximate surface area is 147 Å². The van der Waals surface area contributed by atoms with Gasteiger partial charge in [0.25, 0.3) is 0 Å². The van der Waals surface area contributed by atoms with Gasteiger partial charge in [0.1, 0.15) is 5.75 Å². The quantitative estimate of drug-likeness (QED) is 0.491. The Bertz CT molecular complexity index is 862. The summed E-state index contributed by atoms with van der Waals surface area (Å²) in [6.45, 7) is 0. The lowest BCUT2D eigenvalue weighted by atomic mass is 10.1. The molecule has 124 valence electrons. The van der Waals surface area contributed by atoms with Gasteiger partial charge in [-0.2, -0.15) is 0 Å². The second-order valence-corrected chi connectivity index (χ2v) is 6.25. The van der Waals surface area contributed by atoms with Gasteiger partial charge in [0, 0.05) is 12.6 Å². The fraction of sp³-hybridized carbons (Fsp3) is 0.188. The lowest BCUT2D eigenvalue weighted by Crippen LogP contribution is -2.04. The molecule has 8 heteroatoms. The molecule has 24 heavy (non-hydrogen) atoms. The summed E-state index contributed by atoms with van der Waals surface area (Å²) in [6.07, 6.45) is 1.58. The number of hydrogen-bond donors (Lipinski definition) is 0. The molecule has 0 fully saturated rings. The van der Waals surface area contributed by atoms with E-state index >= 15 is 0 Å². The Morgan fingerprint density at radius 1 is 1.38 bits per heavy atom. The zero-order valence-electron chi connectivity index (χ0n) is 13.0. The molecule has 0 atom stereocenters. The van der Waals surface area contributed by atoms with Crippen molar-refractivity contribution in [2.24, 2.45) is 7.05 Å². The third-order valence-corrected chi connectivity index (χ3v) is 4.70. The van der Waals surface area contributed by atoms with Gasteiger partial charge in [-0.1, -0.05) is 23.4 Å². The van der Waals surface area contributed by atoms with Gasteiger partial charge in [-0.15, -0.1) is 10.2 Å². The summed E-state index contributed by atoms with van der Waals surface area (Å²) in [6, 6.07) is 8.57. The van der Waals surface area contributed by atoms with Crippen LogP contribution in [0.15, 0.2) is 46.2 Å². The number of aromatic nitrogens is 3. The number of thioether (sulfide) groups is 1. The second kappa shape index (κ2) is 7.11. The number of nitrogens with zero attached hydrogens (tertiary/aromatic N) is 3. The van der Waals surface area contributed by atoms with E-state index in [1.807, 2.05) is 13.1 Å². The summed E-state index contributed by atoms with van der Waals surface area (Å²) in [5.41, 5.74) is 0.529. The van der Waals surface area contributed by atoms with Gasteiger partial charge in [0.15, 0.2) is 22.5 Å². The minimum Gasteiger partial charge on any atom is -0.495 e. The summed E-state index contributed by atoms with van der Waals surface area (Å²) in [4.78, 5) is 12.3. The van der Waals surface area contributed by atoms with E-state index in [-0.39, 0.29) is 11.5 Å². The monoisotopic (exact) mass is 363 g/mol. The van der Waals surface area contributed by atoms with Crippen LogP contribution in [-0.4, -0.2) is 33.4 Å². The van der Waals surface area contributed by atoms with Crippen LogP contribution >= 0.6 is 23.4 Å². The summed E-state index contributed by atoms with van der Waals surface area (Å²) in [7, 11) is 3.36. The molecule has 2 aromatic heterocycles. The molecule has 0 saturated heterocycles. The van der Waals surface area contributed by atoms with Crippen LogP contribution in [0.2, 0.25) is 5.02 Å². The number of methoxy groups -OCH3 is 1. The average Bonchev–Trinajstić information content (AvgIpc) is 3.22. The van der Waals surface area contributed by atoms with Gasteiger partial charge in [0.2, 0.25) is 0 Å². The Morgan fingerprint density at radius 2 is 2.21 bits per heavy atom. The van der Waals surface area contributed by atoms with Gasteiger partial charge < -0.3 is 13.7 Å². The molecular weight excluding hydrogens is 350 g/mol. The van der Waals surface area contributed by atoms with Crippen LogP contribution in [0.25, 0.3) is 11.6 Å². The first-order valence-corrected chi connectivity index (χ1v) is 8.39. The van der Waals surface area contributed by atoms with Crippen molar-refractivity contribution in [1.29, 1.82) is 0 Å². The van der Waals surface area contributed by atoms with Crippen LogP contribution in [0, 0.1) is 0 Å². The normalized spacial score (nSPS) is 10.8. The van der Waals surface area contributed by atoms with Crippen LogP contribution in [0.5, 0.6) is 5.75 Å². The molecule has 0 radical (unpaired) electrons. The lowest BCUT2D eigenvalue weighted by Gasteiger charge is -2.05. The number of ketones is 1. The minimum absolute atomic E-state index is 0.0490. The van der Waals surface area contributed by atoms with E-state index in [2.05, 4.69) is 10.2 Å². The highest BCUT2D eigenvalue weighted by Crippen LogP contribution is 2.27. The topological polar surface area (TPSA) is 70.2 Å². The zero-order chi connectivity index (χ0) is 17.1. The molecule has 0 saturated carbocycles. The second-order valence-electron chi connectivity index (χ2n) is 4.90. The molecule has 0 aliphatic heterocycles. The lowest BCUT2D eigenvalue weighted by molar-refractivity contribution is 0.102. The van der Waals surface area contributed by atoms with Gasteiger partial charge in [-0.3, -0.25) is 4.79 Å². The zero-order valence-corrected chi connectivity index (χ0v) is 14.6. The van der Waals surface area contributed by atoms with Crippen molar-refractivity contribution in [3.8, 4) is 17.3 Å². The van der Waals surface area contributed by atoms with E-state index in [1.165, 1.54) is 18.9 Å². The predicted molar refractivity (Wildman–Crippen MR) is 91.8 cm³/mol. The number of carbonyl (C=O) groups is 1. The molecule has 3 aromatic rings. The van der Waals surface area contributed by atoms with Crippen molar-refractivity contribution in [3.05, 3.63) is 47.2 Å². The van der Waals surface area contributed by atoms with Crippen molar-refractivity contribution in [1.82, 2.24) is 14.8 Å². The summed E-state index contributed by atoms with van der Waals surface area (Å²) >= 11 is 7.36. The smallest absolute Gasteiger partial charge is 0.200 e. The number of halogens is 1. The van der Waals surface area contributed by atoms with Crippen molar-refractivity contribution in [2.75, 3.05) is 12.9 Å². The van der Waals surface area contributed by atoms with Gasteiger partial charge >= 0.3 is 0 Å². The van der Waals surface area contributed by atoms with Crippen LogP contribution < -0.4 is 4.74 Å². The summed E-state index contributed by atoms with van der Waals surface area (Å²) < 4.78 is 12.2. The number of furan rings is 1. The third kappa shape index (κ3) is 3.32. The first-order valence-electron chi connectivity index (χ1n) is 7.03. The molecule has 3 rings (SSSR count). The van der Waals surface area contributed by atoms with Crippen molar-refractivity contribution >= 4 is 29.1 Å². The van der Waals surface area contributed by atoms with Crippen molar-refractivity contribution < 1.29 is 13.9 Å². The molecule has 0 bridgehead atoms. The summed E-state index contributed by atoms with van der Waals surface area (Å²) in [5, 5.41) is 9.24. The Morgan fingerprint density at radius 3 is 2.88 bits per heavy atom. The molecule has 0 N–H and O–H groups in total. The average molecular weight is 364 g/mol. The van der Waals surface area contributed by atoms with Crippen molar-refractivity contribution in [2.45, 2.75) is 5.16 Å². The summed E-state index contributed by atoms with van der Waals surface area (Å²) in [5.74, 6) is 1.96. The van der Waals surface area contributed by atoms with Crippen LogP contribution in [0.1, 0.15) is 10.4 Å². The fourth-order valence-electron chi connectivity index (χ4n) is 2.11. The van der Waals surface area contributed by atoms with Crippen LogP contribution in [0.4, 0.5) is 0 Å². The van der Waals surface area contributed by atoms with Crippen LogP contribution in [0.3, 0.4) is 0 Å². The van der Waals surface area contributed by atoms with E-state index in [0.717, 1.165) is 0 Å². The number of carbonyl (C=O) groups excluding carboxylic acids is 1. The van der Waals surface area contributed by atoms with E-state index in [1.54, 1.807) is 35.1 Å². The highest BCUT2D eigenvalue weighted by Gasteiger charge is 2.15. The van der Waals surface area contributed by atoms with E-state index in [4.69, 9.17) is 20.8 Å². The van der Waals surface area contributed by atoms with E-state index in [0.29, 0.717) is 33.1 Å². The number of rotatable bonds is 6. The molecule has 6 nitrogen and oxygen atoms in total. The number of benzene rings is 1. The van der Waals surface area contributed by atoms with Gasteiger partial charge in [-0.25, -0.2) is 0 Å². The maximum Gasteiger partial charge on any atom is 0.200 e. The maximum absolute atomic E-state index is 12.3. The largest absolute Gasteiger partial charge is 0.495 e. The fourth-order valence-corrected chi connectivity index (χ4v) is 3.18. The van der Waals surface area contributed by atoms with Crippen LogP contribution in [-0.2, 0) is 7.05 Å². The molecule has 0 aliphatic carbocycles. The van der Waals surface area contributed by atoms with E-state index < -0.39 is 0 Å². The van der Waals surface area contributed by atoms with Gasteiger partial charge in [-0.05, 0) is 30.3 Å². The molecule has 2 heterocycles. The number of hydrogen-bond acceptors (Lipinski definition) is 6. The van der Waals surface area contributed by atoms with E-state index in [9.17, 15) is 4.79 Å². The molecule has 0 aliphatic rings. The first kappa shape index (κ1) is 16.6. The standard InChI is InChI=1S/C16H14ClN3O3S/c1-20-15(14-4-3-7-23-14)18-19-16(20)24-9-12(21)10-5-6-13(22-2)11(17)8-10/h3-8H,9H2,1-2H3. The molecule has 0 unspecified atom stereocenters. The highest BCUT2D eigenvalue weighted by atomic mass is 35.5. The van der Waals surface area contributed by atoms with Gasteiger partial charge in [0.05, 0.1) is 24.1 Å². The molecule has 0 spiro atoms. The Hall–Kier alpha value is -2.25.